The lowest BCUT2D eigenvalue weighted by Crippen LogP contribution is -2.32. The van der Waals surface area contributed by atoms with Crippen LogP contribution in [0.4, 0.5) is 14.6 Å². The summed E-state index contributed by atoms with van der Waals surface area (Å²) in [6.45, 7) is 1.69. The van der Waals surface area contributed by atoms with Crippen LogP contribution < -0.4 is 11.4 Å². The molecule has 4 atom stereocenters. The quantitative estimate of drug-likeness (QED) is 0.835. The zero-order chi connectivity index (χ0) is 12.6. The Hall–Kier alpha value is -1.50. The van der Waals surface area contributed by atoms with Crippen LogP contribution in [0.25, 0.3) is 0 Å². The zero-order valence-electron chi connectivity index (χ0n) is 9.22. The third kappa shape index (κ3) is 2.02. The van der Waals surface area contributed by atoms with E-state index in [2.05, 4.69) is 4.98 Å². The van der Waals surface area contributed by atoms with Crippen LogP contribution in [-0.4, -0.2) is 28.0 Å². The second kappa shape index (κ2) is 4.40. The van der Waals surface area contributed by atoms with Crippen molar-refractivity contribution >= 4 is 5.82 Å². The molecule has 1 saturated heterocycles. The number of nitrogens with zero attached hydrogens (tertiary/aromatic N) is 2. The Morgan fingerprint density at radius 2 is 2.24 bits per heavy atom. The summed E-state index contributed by atoms with van der Waals surface area (Å²) < 4.78 is 33.2. The van der Waals surface area contributed by atoms with E-state index in [1.165, 1.54) is 12.3 Å². The average Bonchev–Trinajstić information content (AvgIpc) is 2.57. The molecule has 1 aliphatic rings. The molecule has 0 aliphatic carbocycles. The second-order valence-corrected chi connectivity index (χ2v) is 3.90. The van der Waals surface area contributed by atoms with E-state index in [0.717, 1.165) is 4.57 Å². The maximum atomic E-state index is 13.7. The summed E-state index contributed by atoms with van der Waals surface area (Å²) in [5.41, 5.74) is 4.56. The molecule has 0 radical (unpaired) electrons. The molecule has 2 rings (SSSR count). The number of rotatable bonds is 2. The first-order chi connectivity index (χ1) is 8.04. The molecule has 2 heterocycles. The lowest BCUT2D eigenvalue weighted by atomic mass is 10.1. The minimum atomic E-state index is -1.87. The second-order valence-electron chi connectivity index (χ2n) is 3.90. The molecule has 0 aromatic carbocycles. The Kier molecular flexibility index (Phi) is 3.10. The van der Waals surface area contributed by atoms with Crippen molar-refractivity contribution in [1.29, 1.82) is 0 Å². The smallest absolute Gasteiger partial charge is 0.351 e. The fourth-order valence-corrected chi connectivity index (χ4v) is 1.85. The molecule has 7 heteroatoms. The fourth-order valence-electron chi connectivity index (χ4n) is 1.85. The molecule has 4 unspecified atom stereocenters. The molecule has 1 aliphatic heterocycles. The number of anilines is 1. The minimum absolute atomic E-state index is 0.0310. The first-order valence-corrected chi connectivity index (χ1v) is 5.33. The van der Waals surface area contributed by atoms with Crippen molar-refractivity contribution < 1.29 is 13.5 Å². The molecule has 1 aromatic rings. The summed E-state index contributed by atoms with van der Waals surface area (Å²) in [5, 5.41) is 0. The van der Waals surface area contributed by atoms with Gasteiger partial charge in [-0.2, -0.15) is 4.98 Å². The van der Waals surface area contributed by atoms with Gasteiger partial charge in [0.2, 0.25) is 0 Å². The van der Waals surface area contributed by atoms with Crippen LogP contribution in [-0.2, 0) is 4.74 Å². The van der Waals surface area contributed by atoms with Crippen molar-refractivity contribution in [2.24, 2.45) is 0 Å². The van der Waals surface area contributed by atoms with E-state index in [0.29, 0.717) is 6.42 Å². The van der Waals surface area contributed by atoms with Crippen molar-refractivity contribution in [2.75, 3.05) is 5.73 Å². The molecule has 0 spiro atoms. The van der Waals surface area contributed by atoms with E-state index in [4.69, 9.17) is 10.5 Å². The number of nitrogens with two attached hydrogens (primary N) is 1. The average molecular weight is 244 g/mol. The highest BCUT2D eigenvalue weighted by Crippen LogP contribution is 2.34. The monoisotopic (exact) mass is 244 g/mol. The van der Waals surface area contributed by atoms with Gasteiger partial charge in [0.05, 0.1) is 6.10 Å². The fraction of sp³-hybridized carbons (Fsp3) is 0.600. The Labute approximate surface area is 96.2 Å². The summed E-state index contributed by atoms with van der Waals surface area (Å²) in [6, 6.07) is 1.34. The lowest BCUT2D eigenvalue weighted by Gasteiger charge is -2.15. The molecular formula is C10H13F2N3O2. The van der Waals surface area contributed by atoms with Crippen LogP contribution in [0.1, 0.15) is 19.6 Å². The third-order valence-electron chi connectivity index (χ3n) is 2.77. The van der Waals surface area contributed by atoms with E-state index < -0.39 is 30.4 Å². The number of hydrogen-bond acceptors (Lipinski definition) is 4. The van der Waals surface area contributed by atoms with E-state index in [9.17, 15) is 13.6 Å². The SMILES string of the molecule is CCC1OC(n2ccc(N)nc2=O)C([18F])C1F. The normalized spacial score (nSPS) is 32.9. The molecule has 0 bridgehead atoms. The van der Waals surface area contributed by atoms with Crippen LogP contribution in [0.3, 0.4) is 0 Å². The van der Waals surface area contributed by atoms with E-state index >= 15 is 0 Å². The predicted octanol–water partition coefficient (Wildman–Crippen LogP) is 0.809. The van der Waals surface area contributed by atoms with Crippen LogP contribution >= 0.6 is 0 Å². The summed E-state index contributed by atoms with van der Waals surface area (Å²) in [5.74, 6) is 0.0310. The van der Waals surface area contributed by atoms with Crippen LogP contribution in [0.2, 0.25) is 0 Å². The molecule has 17 heavy (non-hydrogen) atoms. The maximum absolute atomic E-state index is 13.7. The highest BCUT2D eigenvalue weighted by atomic mass is 19.1. The molecule has 94 valence electrons. The van der Waals surface area contributed by atoms with Crippen LogP contribution in [0.5, 0.6) is 0 Å². The van der Waals surface area contributed by atoms with E-state index in [-0.39, 0.29) is 5.82 Å². The largest absolute Gasteiger partial charge is 0.383 e. The lowest BCUT2D eigenvalue weighted by molar-refractivity contribution is -0.0245. The molecule has 2 N–H and O–H groups in total. The van der Waals surface area contributed by atoms with Gasteiger partial charge in [-0.15, -0.1) is 0 Å². The Balaban J connectivity index is 2.32. The van der Waals surface area contributed by atoms with Crippen molar-refractivity contribution in [3.05, 3.63) is 22.7 Å². The van der Waals surface area contributed by atoms with Gasteiger partial charge in [-0.25, -0.2) is 13.6 Å². The first-order valence-electron chi connectivity index (χ1n) is 5.33. The molecule has 1 fully saturated rings. The summed E-state index contributed by atoms with van der Waals surface area (Å²) in [7, 11) is 0. The Bertz CT molecular complexity index is 465. The van der Waals surface area contributed by atoms with Gasteiger partial charge in [-0.1, -0.05) is 6.92 Å². The van der Waals surface area contributed by atoms with Crippen molar-refractivity contribution in [3.8, 4) is 0 Å². The summed E-state index contributed by atoms with van der Waals surface area (Å²) in [6.07, 6.45) is -4.10. The van der Waals surface area contributed by atoms with Gasteiger partial charge in [-0.05, 0) is 12.5 Å². The molecule has 0 saturated carbocycles. The van der Waals surface area contributed by atoms with Gasteiger partial charge < -0.3 is 10.5 Å². The summed E-state index contributed by atoms with van der Waals surface area (Å²) in [4.78, 5) is 14.9. The zero-order valence-corrected chi connectivity index (χ0v) is 9.22. The standard InChI is InChI=1S/C10H13F2N3O2/c1-2-5-7(11)8(12)9(17-5)15-4-3-6(13)14-10(15)16/h3-5,7-9H,2H2,1H3,(H2,13,14,16)/i12-1. The number of alkyl halides is 2. The number of ether oxygens (including phenoxy) is 1. The minimum Gasteiger partial charge on any atom is -0.383 e. The third-order valence-corrected chi connectivity index (χ3v) is 2.77. The maximum Gasteiger partial charge on any atom is 0.351 e. The van der Waals surface area contributed by atoms with Crippen LogP contribution in [0.15, 0.2) is 17.1 Å². The van der Waals surface area contributed by atoms with Crippen molar-refractivity contribution in [1.82, 2.24) is 9.55 Å². The first kappa shape index (κ1) is 12.0. The highest BCUT2D eigenvalue weighted by molar-refractivity contribution is 5.23. The predicted molar refractivity (Wildman–Crippen MR) is 56.9 cm³/mol. The molecular weight excluding hydrogens is 231 g/mol. The topological polar surface area (TPSA) is 70.1 Å². The number of nitrogen functional groups attached to an aromatic ring is 1. The Morgan fingerprint density at radius 3 is 2.76 bits per heavy atom. The molecule has 0 amide bonds. The van der Waals surface area contributed by atoms with Crippen LogP contribution in [0, 0.1) is 0 Å². The van der Waals surface area contributed by atoms with Gasteiger partial charge in [0, 0.05) is 6.20 Å². The van der Waals surface area contributed by atoms with Gasteiger partial charge in [0.15, 0.2) is 18.6 Å². The number of aromatic nitrogens is 2. The number of halogens is 2. The van der Waals surface area contributed by atoms with E-state index in [1.807, 2.05) is 0 Å². The van der Waals surface area contributed by atoms with Gasteiger partial charge in [0.1, 0.15) is 5.82 Å². The van der Waals surface area contributed by atoms with Crippen molar-refractivity contribution in [2.45, 2.75) is 38.0 Å². The molecule has 5 nitrogen and oxygen atoms in total. The molecule has 1 aromatic heterocycles. The van der Waals surface area contributed by atoms with Gasteiger partial charge in [-0.3, -0.25) is 4.57 Å². The van der Waals surface area contributed by atoms with Gasteiger partial charge >= 0.3 is 5.69 Å². The summed E-state index contributed by atoms with van der Waals surface area (Å²) >= 11 is 0. The number of hydrogen-bond donors (Lipinski definition) is 1. The highest BCUT2D eigenvalue weighted by Gasteiger charge is 2.46. The van der Waals surface area contributed by atoms with Gasteiger partial charge in [0.25, 0.3) is 0 Å². The van der Waals surface area contributed by atoms with E-state index in [1.54, 1.807) is 6.92 Å². The van der Waals surface area contributed by atoms with Crippen molar-refractivity contribution in [3.63, 3.8) is 0 Å². The Morgan fingerprint density at radius 1 is 1.53 bits per heavy atom.